The Morgan fingerprint density at radius 2 is 1.88 bits per heavy atom. The number of rotatable bonds is 6. The summed E-state index contributed by atoms with van der Waals surface area (Å²) in [6.45, 7) is 8.44. The lowest BCUT2D eigenvalue weighted by molar-refractivity contribution is -0.116. The van der Waals surface area contributed by atoms with Crippen LogP contribution in [0.1, 0.15) is 38.3 Å². The zero-order valence-electron chi connectivity index (χ0n) is 15.5. The van der Waals surface area contributed by atoms with Gasteiger partial charge in [-0.05, 0) is 59.0 Å². The zero-order chi connectivity index (χ0) is 18.3. The molecule has 0 saturated carbocycles. The van der Waals surface area contributed by atoms with Crippen molar-refractivity contribution in [3.05, 3.63) is 29.3 Å². The molecule has 0 spiro atoms. The summed E-state index contributed by atoms with van der Waals surface area (Å²) >= 11 is 0. The van der Waals surface area contributed by atoms with Crippen LogP contribution in [0.15, 0.2) is 18.2 Å². The summed E-state index contributed by atoms with van der Waals surface area (Å²) < 4.78 is 5.12. The van der Waals surface area contributed by atoms with Crippen LogP contribution in [0, 0.1) is 6.92 Å². The van der Waals surface area contributed by atoms with E-state index in [0.717, 1.165) is 17.8 Å². The fourth-order valence-electron chi connectivity index (χ4n) is 2.13. The van der Waals surface area contributed by atoms with Gasteiger partial charge in [-0.15, -0.1) is 0 Å². The van der Waals surface area contributed by atoms with Gasteiger partial charge in [0.1, 0.15) is 5.60 Å². The molecule has 6 nitrogen and oxygen atoms in total. The maximum atomic E-state index is 12.0. The second-order valence-corrected chi connectivity index (χ2v) is 7.11. The second kappa shape index (κ2) is 8.68. The fourth-order valence-corrected chi connectivity index (χ4v) is 2.13. The molecule has 0 aliphatic heterocycles. The summed E-state index contributed by atoms with van der Waals surface area (Å²) in [5, 5.41) is 5.44. The largest absolute Gasteiger partial charge is 0.444 e. The molecule has 2 N–H and O–H groups in total. The Balaban J connectivity index is 2.44. The number of amides is 2. The van der Waals surface area contributed by atoms with Crippen molar-refractivity contribution in [3.8, 4) is 0 Å². The van der Waals surface area contributed by atoms with Gasteiger partial charge in [0, 0.05) is 25.2 Å². The van der Waals surface area contributed by atoms with Gasteiger partial charge in [0.2, 0.25) is 5.91 Å². The molecule has 6 heteroatoms. The first-order valence-corrected chi connectivity index (χ1v) is 8.08. The van der Waals surface area contributed by atoms with Crippen LogP contribution >= 0.6 is 0 Å². The zero-order valence-corrected chi connectivity index (χ0v) is 15.5. The molecule has 134 valence electrons. The highest BCUT2D eigenvalue weighted by molar-refractivity contribution is 5.91. The summed E-state index contributed by atoms with van der Waals surface area (Å²) in [6.07, 6.45) is -0.322. The van der Waals surface area contributed by atoms with Gasteiger partial charge in [-0.1, -0.05) is 12.1 Å². The molecule has 0 aliphatic rings. The summed E-state index contributed by atoms with van der Waals surface area (Å²) in [6, 6.07) is 5.98. The van der Waals surface area contributed by atoms with E-state index in [1.807, 2.05) is 33.2 Å². The molecule has 0 fully saturated rings. The minimum Gasteiger partial charge on any atom is -0.444 e. The van der Waals surface area contributed by atoms with Gasteiger partial charge in [-0.3, -0.25) is 4.79 Å². The van der Waals surface area contributed by atoms with Gasteiger partial charge < -0.3 is 20.3 Å². The average molecular weight is 335 g/mol. The van der Waals surface area contributed by atoms with Crippen LogP contribution in [-0.2, 0) is 16.1 Å². The van der Waals surface area contributed by atoms with E-state index in [-0.39, 0.29) is 18.9 Å². The molecular formula is C18H29N3O3. The van der Waals surface area contributed by atoms with Gasteiger partial charge in [0.15, 0.2) is 0 Å². The number of aryl methyl sites for hydroxylation is 1. The molecule has 2 amide bonds. The van der Waals surface area contributed by atoms with Gasteiger partial charge in [0.25, 0.3) is 0 Å². The molecular weight excluding hydrogens is 306 g/mol. The number of nitrogens with one attached hydrogen (secondary N) is 2. The highest BCUT2D eigenvalue weighted by atomic mass is 16.6. The van der Waals surface area contributed by atoms with Crippen molar-refractivity contribution in [2.24, 2.45) is 0 Å². The number of hydrogen-bond acceptors (Lipinski definition) is 4. The van der Waals surface area contributed by atoms with Crippen molar-refractivity contribution in [1.82, 2.24) is 10.2 Å². The van der Waals surface area contributed by atoms with Crippen LogP contribution in [0.2, 0.25) is 0 Å². The minimum atomic E-state index is -0.544. The lowest BCUT2D eigenvalue weighted by Crippen LogP contribution is -2.34. The summed E-state index contributed by atoms with van der Waals surface area (Å²) in [5.41, 5.74) is 2.46. The molecule has 0 atom stereocenters. The standard InChI is InChI=1S/C18H29N3O3/c1-13-11-14(12-21(5)6)7-8-15(13)20-16(22)9-10-19-17(23)24-18(2,3)4/h7-8,11H,9-10,12H2,1-6H3,(H,19,23)(H,20,22). The van der Waals surface area contributed by atoms with Crippen LogP contribution in [-0.4, -0.2) is 43.1 Å². The smallest absolute Gasteiger partial charge is 0.407 e. The first-order valence-electron chi connectivity index (χ1n) is 8.08. The molecule has 1 aromatic rings. The molecule has 0 saturated heterocycles. The van der Waals surface area contributed by atoms with Crippen molar-refractivity contribution in [2.75, 3.05) is 26.0 Å². The normalized spacial score (nSPS) is 11.3. The predicted octanol–water partition coefficient (Wildman–Crippen LogP) is 2.91. The molecule has 0 aromatic heterocycles. The van der Waals surface area contributed by atoms with Crippen molar-refractivity contribution in [1.29, 1.82) is 0 Å². The van der Waals surface area contributed by atoms with E-state index in [1.165, 1.54) is 5.56 Å². The van der Waals surface area contributed by atoms with E-state index >= 15 is 0 Å². The van der Waals surface area contributed by atoms with Crippen LogP contribution < -0.4 is 10.6 Å². The Morgan fingerprint density at radius 3 is 2.42 bits per heavy atom. The maximum Gasteiger partial charge on any atom is 0.407 e. The van der Waals surface area contributed by atoms with Gasteiger partial charge in [-0.2, -0.15) is 0 Å². The number of hydrogen-bond donors (Lipinski definition) is 2. The molecule has 0 heterocycles. The number of anilines is 1. The molecule has 0 aliphatic carbocycles. The van der Waals surface area contributed by atoms with E-state index in [1.54, 1.807) is 20.8 Å². The maximum absolute atomic E-state index is 12.0. The van der Waals surface area contributed by atoms with E-state index in [2.05, 4.69) is 21.6 Å². The predicted molar refractivity (Wildman–Crippen MR) is 96.1 cm³/mol. The highest BCUT2D eigenvalue weighted by Crippen LogP contribution is 2.17. The van der Waals surface area contributed by atoms with Gasteiger partial charge in [-0.25, -0.2) is 4.79 Å². The lowest BCUT2D eigenvalue weighted by Gasteiger charge is -2.19. The fraction of sp³-hybridized carbons (Fsp3) is 0.556. The van der Waals surface area contributed by atoms with Crippen LogP contribution in [0.4, 0.5) is 10.5 Å². The Kier molecular flexibility index (Phi) is 7.22. The molecule has 1 rings (SSSR count). The van der Waals surface area contributed by atoms with Crippen molar-refractivity contribution in [2.45, 2.75) is 46.3 Å². The summed E-state index contributed by atoms with van der Waals surface area (Å²) in [5.74, 6) is -0.144. The number of benzene rings is 1. The van der Waals surface area contributed by atoms with E-state index in [0.29, 0.717) is 0 Å². The van der Waals surface area contributed by atoms with Gasteiger partial charge in [0.05, 0.1) is 0 Å². The Labute approximate surface area is 144 Å². The molecule has 24 heavy (non-hydrogen) atoms. The number of carbonyl (C=O) groups is 2. The third-order valence-corrected chi connectivity index (χ3v) is 3.08. The summed E-state index contributed by atoms with van der Waals surface area (Å²) in [4.78, 5) is 25.6. The Bertz CT molecular complexity index is 577. The molecule has 1 aromatic carbocycles. The van der Waals surface area contributed by atoms with Crippen molar-refractivity contribution < 1.29 is 14.3 Å². The minimum absolute atomic E-state index is 0.144. The van der Waals surface area contributed by atoms with Crippen molar-refractivity contribution >= 4 is 17.7 Å². The number of carbonyl (C=O) groups excluding carboxylic acids is 2. The average Bonchev–Trinajstić information content (AvgIpc) is 2.39. The first kappa shape index (κ1) is 20.0. The van der Waals surface area contributed by atoms with E-state index in [4.69, 9.17) is 4.74 Å². The van der Waals surface area contributed by atoms with Gasteiger partial charge >= 0.3 is 6.09 Å². The Morgan fingerprint density at radius 1 is 1.21 bits per heavy atom. The Hall–Kier alpha value is -2.08. The van der Waals surface area contributed by atoms with E-state index in [9.17, 15) is 9.59 Å². The quantitative estimate of drug-likeness (QED) is 0.838. The first-order chi connectivity index (χ1) is 11.1. The van der Waals surface area contributed by atoms with Crippen LogP contribution in [0.25, 0.3) is 0 Å². The molecule has 0 radical (unpaired) electrons. The second-order valence-electron chi connectivity index (χ2n) is 7.11. The highest BCUT2D eigenvalue weighted by Gasteiger charge is 2.16. The number of nitrogens with zero attached hydrogens (tertiary/aromatic N) is 1. The number of alkyl carbamates (subject to hydrolysis) is 1. The SMILES string of the molecule is Cc1cc(CN(C)C)ccc1NC(=O)CCNC(=O)OC(C)(C)C. The molecule has 0 bridgehead atoms. The summed E-state index contributed by atoms with van der Waals surface area (Å²) in [7, 11) is 4.03. The third-order valence-electron chi connectivity index (χ3n) is 3.08. The van der Waals surface area contributed by atoms with E-state index < -0.39 is 11.7 Å². The lowest BCUT2D eigenvalue weighted by atomic mass is 10.1. The van der Waals surface area contributed by atoms with Crippen molar-refractivity contribution in [3.63, 3.8) is 0 Å². The third kappa shape index (κ3) is 7.97. The number of ether oxygens (including phenoxy) is 1. The monoisotopic (exact) mass is 335 g/mol. The topological polar surface area (TPSA) is 70.7 Å². The van der Waals surface area contributed by atoms with Crippen LogP contribution in [0.3, 0.4) is 0 Å². The van der Waals surface area contributed by atoms with Crippen LogP contribution in [0.5, 0.6) is 0 Å². The molecule has 0 unspecified atom stereocenters.